The van der Waals surface area contributed by atoms with Gasteiger partial charge in [0, 0.05) is 12.4 Å². The lowest BCUT2D eigenvalue weighted by atomic mass is 9.93. The Morgan fingerprint density at radius 3 is 2.40 bits per heavy atom. The summed E-state index contributed by atoms with van der Waals surface area (Å²) in [7, 11) is 3.18. The predicted octanol–water partition coefficient (Wildman–Crippen LogP) is 2.95. The van der Waals surface area contributed by atoms with Crippen molar-refractivity contribution < 1.29 is 9.47 Å². The van der Waals surface area contributed by atoms with Gasteiger partial charge in [-0.1, -0.05) is 6.07 Å². The molecule has 1 aromatic carbocycles. The van der Waals surface area contributed by atoms with E-state index >= 15 is 0 Å². The molecule has 20 heavy (non-hydrogen) atoms. The van der Waals surface area contributed by atoms with Gasteiger partial charge in [-0.15, -0.1) is 0 Å². The quantitative estimate of drug-likeness (QED) is 0.836. The highest BCUT2D eigenvalue weighted by Crippen LogP contribution is 2.31. The van der Waals surface area contributed by atoms with Crippen LogP contribution in [0, 0.1) is 11.3 Å². The van der Waals surface area contributed by atoms with Crippen LogP contribution in [0.25, 0.3) is 0 Å². The summed E-state index contributed by atoms with van der Waals surface area (Å²) in [5.41, 5.74) is 2.00. The van der Waals surface area contributed by atoms with Crippen LogP contribution in [0.15, 0.2) is 42.7 Å². The van der Waals surface area contributed by atoms with Gasteiger partial charge in [0.2, 0.25) is 0 Å². The average Bonchev–Trinajstić information content (AvgIpc) is 2.53. The molecule has 0 aliphatic heterocycles. The molecule has 0 bridgehead atoms. The normalized spacial score (nSPS) is 11.4. The van der Waals surface area contributed by atoms with E-state index in [0.717, 1.165) is 11.1 Å². The fourth-order valence-corrected chi connectivity index (χ4v) is 2.06. The van der Waals surface area contributed by atoms with Crippen LogP contribution in [-0.4, -0.2) is 19.2 Å². The molecule has 0 aliphatic rings. The Bertz CT molecular complexity index is 606. The maximum atomic E-state index is 9.39. The first-order valence-electron chi connectivity index (χ1n) is 6.29. The number of benzene rings is 1. The first-order chi connectivity index (χ1) is 9.78. The molecule has 4 heteroatoms. The predicted molar refractivity (Wildman–Crippen MR) is 75.8 cm³/mol. The van der Waals surface area contributed by atoms with Crippen molar-refractivity contribution in [2.45, 2.75) is 12.3 Å². The van der Waals surface area contributed by atoms with Crippen molar-refractivity contribution >= 4 is 0 Å². The number of nitriles is 1. The summed E-state index contributed by atoms with van der Waals surface area (Å²) in [5, 5.41) is 9.39. The maximum absolute atomic E-state index is 9.39. The Morgan fingerprint density at radius 2 is 1.80 bits per heavy atom. The standard InChI is InChI=1S/C16H16N2O2/c1-19-15-4-3-13(10-16(15)20-2)14(11-17)9-12-5-7-18-8-6-12/h3-8,10,14H,9H2,1-2H3. The van der Waals surface area contributed by atoms with E-state index < -0.39 is 0 Å². The number of hydrogen-bond donors (Lipinski definition) is 0. The van der Waals surface area contributed by atoms with Gasteiger partial charge in [-0.05, 0) is 41.8 Å². The molecule has 0 saturated carbocycles. The van der Waals surface area contributed by atoms with Gasteiger partial charge in [0.05, 0.1) is 26.2 Å². The molecule has 0 fully saturated rings. The molecule has 1 atom stereocenters. The molecule has 102 valence electrons. The summed E-state index contributed by atoms with van der Waals surface area (Å²) in [6.07, 6.45) is 4.12. The largest absolute Gasteiger partial charge is 0.493 e. The smallest absolute Gasteiger partial charge is 0.161 e. The topological polar surface area (TPSA) is 55.1 Å². The Labute approximate surface area is 118 Å². The van der Waals surface area contributed by atoms with Crippen molar-refractivity contribution in [2.24, 2.45) is 0 Å². The van der Waals surface area contributed by atoms with Crippen LogP contribution in [0.4, 0.5) is 0 Å². The van der Waals surface area contributed by atoms with Crippen LogP contribution < -0.4 is 9.47 Å². The van der Waals surface area contributed by atoms with Gasteiger partial charge in [0.15, 0.2) is 11.5 Å². The van der Waals surface area contributed by atoms with E-state index in [9.17, 15) is 5.26 Å². The summed E-state index contributed by atoms with van der Waals surface area (Å²) >= 11 is 0. The lowest BCUT2D eigenvalue weighted by Crippen LogP contribution is -2.02. The molecular formula is C16H16N2O2. The van der Waals surface area contributed by atoms with Gasteiger partial charge < -0.3 is 9.47 Å². The Morgan fingerprint density at radius 1 is 1.10 bits per heavy atom. The molecular weight excluding hydrogens is 252 g/mol. The van der Waals surface area contributed by atoms with Crippen LogP contribution in [0.2, 0.25) is 0 Å². The molecule has 0 aliphatic carbocycles. The van der Waals surface area contributed by atoms with Crippen molar-refractivity contribution in [1.82, 2.24) is 4.98 Å². The van der Waals surface area contributed by atoms with E-state index in [1.165, 1.54) is 0 Å². The fraction of sp³-hybridized carbons (Fsp3) is 0.250. The van der Waals surface area contributed by atoms with Crippen LogP contribution >= 0.6 is 0 Å². The van der Waals surface area contributed by atoms with Gasteiger partial charge in [0.1, 0.15) is 0 Å². The zero-order valence-electron chi connectivity index (χ0n) is 11.5. The minimum absolute atomic E-state index is 0.225. The molecule has 0 saturated heterocycles. The van der Waals surface area contributed by atoms with Crippen molar-refractivity contribution in [3.8, 4) is 17.6 Å². The second-order valence-electron chi connectivity index (χ2n) is 4.36. The monoisotopic (exact) mass is 268 g/mol. The number of nitrogens with zero attached hydrogens (tertiary/aromatic N) is 2. The second kappa shape index (κ2) is 6.58. The van der Waals surface area contributed by atoms with E-state index in [2.05, 4.69) is 11.1 Å². The molecule has 1 unspecified atom stereocenters. The van der Waals surface area contributed by atoms with E-state index in [-0.39, 0.29) is 5.92 Å². The van der Waals surface area contributed by atoms with Crippen molar-refractivity contribution in [1.29, 1.82) is 5.26 Å². The molecule has 0 spiro atoms. The third-order valence-corrected chi connectivity index (χ3v) is 3.15. The highest BCUT2D eigenvalue weighted by molar-refractivity contribution is 5.45. The molecule has 0 amide bonds. The summed E-state index contributed by atoms with van der Waals surface area (Å²) in [5.74, 6) is 1.08. The van der Waals surface area contributed by atoms with Crippen molar-refractivity contribution in [3.63, 3.8) is 0 Å². The summed E-state index contributed by atoms with van der Waals surface area (Å²) in [4.78, 5) is 3.98. The zero-order chi connectivity index (χ0) is 14.4. The molecule has 1 heterocycles. The lowest BCUT2D eigenvalue weighted by Gasteiger charge is -2.13. The first kappa shape index (κ1) is 13.9. The molecule has 1 aromatic heterocycles. The molecule has 2 rings (SSSR count). The zero-order valence-corrected chi connectivity index (χ0v) is 11.5. The van der Waals surface area contributed by atoms with Crippen LogP contribution in [0.1, 0.15) is 17.0 Å². The van der Waals surface area contributed by atoms with Crippen LogP contribution in [0.3, 0.4) is 0 Å². The second-order valence-corrected chi connectivity index (χ2v) is 4.36. The van der Waals surface area contributed by atoms with Crippen LogP contribution in [-0.2, 0) is 6.42 Å². The SMILES string of the molecule is COc1ccc(C(C#N)Cc2ccncc2)cc1OC. The lowest BCUT2D eigenvalue weighted by molar-refractivity contribution is 0.354. The summed E-state index contributed by atoms with van der Waals surface area (Å²) in [6, 6.07) is 11.8. The minimum atomic E-state index is -0.225. The summed E-state index contributed by atoms with van der Waals surface area (Å²) < 4.78 is 10.5. The Hall–Kier alpha value is -2.54. The number of hydrogen-bond acceptors (Lipinski definition) is 4. The summed E-state index contributed by atoms with van der Waals surface area (Å²) in [6.45, 7) is 0. The average molecular weight is 268 g/mol. The third kappa shape index (κ3) is 3.07. The third-order valence-electron chi connectivity index (χ3n) is 3.15. The van der Waals surface area contributed by atoms with E-state index in [0.29, 0.717) is 17.9 Å². The molecule has 0 radical (unpaired) electrons. The molecule has 2 aromatic rings. The van der Waals surface area contributed by atoms with Gasteiger partial charge in [-0.25, -0.2) is 0 Å². The van der Waals surface area contributed by atoms with E-state index in [4.69, 9.17) is 9.47 Å². The highest BCUT2D eigenvalue weighted by atomic mass is 16.5. The van der Waals surface area contributed by atoms with E-state index in [1.807, 2.05) is 30.3 Å². The molecule has 0 N–H and O–H groups in total. The number of ether oxygens (including phenoxy) is 2. The Kier molecular flexibility index (Phi) is 4.56. The van der Waals surface area contributed by atoms with Gasteiger partial charge in [-0.2, -0.15) is 5.26 Å². The molecule has 4 nitrogen and oxygen atoms in total. The number of rotatable bonds is 5. The van der Waals surface area contributed by atoms with Crippen LogP contribution in [0.5, 0.6) is 11.5 Å². The fourth-order valence-electron chi connectivity index (χ4n) is 2.06. The number of pyridine rings is 1. The van der Waals surface area contributed by atoms with Gasteiger partial charge in [0.25, 0.3) is 0 Å². The van der Waals surface area contributed by atoms with E-state index in [1.54, 1.807) is 26.6 Å². The maximum Gasteiger partial charge on any atom is 0.161 e. The van der Waals surface area contributed by atoms with Gasteiger partial charge >= 0.3 is 0 Å². The minimum Gasteiger partial charge on any atom is -0.493 e. The Balaban J connectivity index is 2.26. The number of aromatic nitrogens is 1. The highest BCUT2D eigenvalue weighted by Gasteiger charge is 2.14. The van der Waals surface area contributed by atoms with Crippen molar-refractivity contribution in [3.05, 3.63) is 53.9 Å². The van der Waals surface area contributed by atoms with Crippen molar-refractivity contribution in [2.75, 3.05) is 14.2 Å². The van der Waals surface area contributed by atoms with Gasteiger partial charge in [-0.3, -0.25) is 4.98 Å². The number of methoxy groups -OCH3 is 2. The first-order valence-corrected chi connectivity index (χ1v) is 6.29.